The Morgan fingerprint density at radius 3 is 2.48 bits per heavy atom. The molecule has 0 bridgehead atoms. The minimum absolute atomic E-state index is 0.183. The van der Waals surface area contributed by atoms with Gasteiger partial charge in [-0.3, -0.25) is 4.90 Å². The third kappa shape index (κ3) is 3.85. The van der Waals surface area contributed by atoms with Gasteiger partial charge in [0, 0.05) is 50.8 Å². The predicted molar refractivity (Wildman–Crippen MR) is 86.2 cm³/mol. The van der Waals surface area contributed by atoms with Crippen molar-refractivity contribution in [2.45, 2.75) is 31.8 Å². The molecule has 0 amide bonds. The average Bonchev–Trinajstić information content (AvgIpc) is 2.82. The number of halogens is 1. The quantitative estimate of drug-likeness (QED) is 0.700. The van der Waals surface area contributed by atoms with E-state index in [0.29, 0.717) is 13.1 Å². The van der Waals surface area contributed by atoms with Gasteiger partial charge in [-0.25, -0.2) is 13.4 Å². The molecule has 1 aliphatic heterocycles. The number of hydrogen-bond acceptors (Lipinski definition) is 4. The van der Waals surface area contributed by atoms with Crippen LogP contribution in [0.25, 0.3) is 0 Å². The number of sulfonamides is 1. The van der Waals surface area contributed by atoms with Gasteiger partial charge in [0.15, 0.2) is 5.03 Å². The van der Waals surface area contributed by atoms with Crippen LogP contribution in [0.4, 0.5) is 0 Å². The lowest BCUT2D eigenvalue weighted by Crippen LogP contribution is -2.49. The average molecular weight is 379 g/mol. The summed E-state index contributed by atoms with van der Waals surface area (Å²) in [7, 11) is -3.46. The lowest BCUT2D eigenvalue weighted by Gasteiger charge is -2.33. The molecule has 120 valence electrons. The van der Waals surface area contributed by atoms with Crippen LogP contribution in [0, 0.1) is 6.92 Å². The summed E-state index contributed by atoms with van der Waals surface area (Å²) in [4.78, 5) is 6.51. The van der Waals surface area contributed by atoms with Crippen LogP contribution < -0.4 is 0 Å². The number of rotatable bonds is 6. The summed E-state index contributed by atoms with van der Waals surface area (Å²) < 4.78 is 28.7. The van der Waals surface area contributed by atoms with E-state index in [2.05, 4.69) is 32.7 Å². The maximum absolute atomic E-state index is 12.6. The minimum Gasteiger partial charge on any atom is -0.334 e. The van der Waals surface area contributed by atoms with E-state index in [1.54, 1.807) is 10.5 Å². The first-order valence-corrected chi connectivity index (χ1v) is 9.87. The Bertz CT molecular complexity index is 565. The lowest BCUT2D eigenvalue weighted by atomic mass is 10.4. The molecule has 2 heterocycles. The zero-order valence-corrected chi connectivity index (χ0v) is 15.0. The first-order valence-electron chi connectivity index (χ1n) is 7.31. The second kappa shape index (κ2) is 7.21. The number of aromatic nitrogens is 2. The summed E-state index contributed by atoms with van der Waals surface area (Å²) in [5.41, 5.74) is 0. The predicted octanol–water partition coefficient (Wildman–Crippen LogP) is 1.30. The summed E-state index contributed by atoms with van der Waals surface area (Å²) in [5.74, 6) is 0.758. The van der Waals surface area contributed by atoms with Crippen molar-refractivity contribution < 1.29 is 8.42 Å². The molecule has 1 aromatic rings. The van der Waals surface area contributed by atoms with Crippen molar-refractivity contribution in [1.82, 2.24) is 18.8 Å². The molecule has 1 aromatic heterocycles. The van der Waals surface area contributed by atoms with Crippen LogP contribution in [-0.2, 0) is 16.6 Å². The Kier molecular flexibility index (Phi) is 5.81. The highest BCUT2D eigenvalue weighted by atomic mass is 79.9. The summed E-state index contributed by atoms with van der Waals surface area (Å²) in [6, 6.07) is 0. The number of aryl methyl sites for hydroxylation is 2. The van der Waals surface area contributed by atoms with Crippen LogP contribution >= 0.6 is 15.9 Å². The van der Waals surface area contributed by atoms with Crippen molar-refractivity contribution >= 4 is 26.0 Å². The molecule has 0 aliphatic carbocycles. The van der Waals surface area contributed by atoms with Gasteiger partial charge in [-0.2, -0.15) is 4.31 Å². The van der Waals surface area contributed by atoms with Crippen molar-refractivity contribution in [2.24, 2.45) is 0 Å². The van der Waals surface area contributed by atoms with Crippen molar-refractivity contribution in [3.8, 4) is 0 Å². The van der Waals surface area contributed by atoms with Crippen molar-refractivity contribution in [2.75, 3.05) is 38.1 Å². The van der Waals surface area contributed by atoms with Gasteiger partial charge in [0.2, 0.25) is 0 Å². The number of alkyl halides is 1. The van der Waals surface area contributed by atoms with E-state index in [1.807, 2.05) is 11.5 Å². The standard InChI is InChI=1S/C13H23BrN4O2S/c1-3-5-17-11-13(15-12(17)2)21(19,20)18-9-7-16(6-4-14)8-10-18/h11H,3-10H2,1-2H3. The Morgan fingerprint density at radius 2 is 1.90 bits per heavy atom. The molecule has 0 unspecified atom stereocenters. The van der Waals surface area contributed by atoms with Gasteiger partial charge in [0.1, 0.15) is 5.82 Å². The normalized spacial score (nSPS) is 18.2. The summed E-state index contributed by atoms with van der Waals surface area (Å²) in [6.07, 6.45) is 2.63. The van der Waals surface area contributed by atoms with E-state index in [0.717, 1.165) is 43.8 Å². The molecule has 1 fully saturated rings. The first-order chi connectivity index (χ1) is 9.98. The summed E-state index contributed by atoms with van der Waals surface area (Å²) in [6.45, 7) is 8.30. The van der Waals surface area contributed by atoms with Gasteiger partial charge >= 0.3 is 0 Å². The topological polar surface area (TPSA) is 58.4 Å². The highest BCUT2D eigenvalue weighted by molar-refractivity contribution is 9.09. The van der Waals surface area contributed by atoms with E-state index >= 15 is 0 Å². The molecule has 0 radical (unpaired) electrons. The van der Waals surface area contributed by atoms with Gasteiger partial charge < -0.3 is 4.57 Å². The number of nitrogens with zero attached hydrogens (tertiary/aromatic N) is 4. The van der Waals surface area contributed by atoms with E-state index in [4.69, 9.17) is 0 Å². The Hall–Kier alpha value is -0.440. The molecular weight excluding hydrogens is 356 g/mol. The molecular formula is C13H23BrN4O2S. The molecule has 0 saturated carbocycles. The lowest BCUT2D eigenvalue weighted by molar-refractivity contribution is 0.198. The highest BCUT2D eigenvalue weighted by Crippen LogP contribution is 2.17. The van der Waals surface area contributed by atoms with Gasteiger partial charge in [0.25, 0.3) is 10.0 Å². The second-order valence-corrected chi connectivity index (χ2v) is 7.93. The fourth-order valence-corrected chi connectivity index (χ4v) is 4.43. The monoisotopic (exact) mass is 378 g/mol. The van der Waals surface area contributed by atoms with E-state index in [-0.39, 0.29) is 5.03 Å². The molecule has 0 spiro atoms. The molecule has 0 aromatic carbocycles. The fraction of sp³-hybridized carbons (Fsp3) is 0.769. The Balaban J connectivity index is 2.10. The Morgan fingerprint density at radius 1 is 1.24 bits per heavy atom. The SMILES string of the molecule is CCCn1cc(S(=O)(=O)N2CCN(CCBr)CC2)nc1C. The zero-order chi connectivity index (χ0) is 15.5. The van der Waals surface area contributed by atoms with Crippen LogP contribution in [0.2, 0.25) is 0 Å². The van der Waals surface area contributed by atoms with Gasteiger partial charge in [-0.05, 0) is 13.3 Å². The molecule has 21 heavy (non-hydrogen) atoms. The molecule has 0 atom stereocenters. The summed E-state index contributed by atoms with van der Waals surface area (Å²) in [5, 5.41) is 1.10. The maximum Gasteiger partial charge on any atom is 0.262 e. The maximum atomic E-state index is 12.6. The molecule has 0 N–H and O–H groups in total. The van der Waals surface area contributed by atoms with Gasteiger partial charge in [0.05, 0.1) is 0 Å². The van der Waals surface area contributed by atoms with Crippen LogP contribution in [0.1, 0.15) is 19.2 Å². The van der Waals surface area contributed by atoms with E-state index in [9.17, 15) is 8.42 Å². The molecule has 1 saturated heterocycles. The van der Waals surface area contributed by atoms with Crippen molar-refractivity contribution in [3.63, 3.8) is 0 Å². The number of piperazine rings is 1. The van der Waals surface area contributed by atoms with Crippen molar-refractivity contribution in [1.29, 1.82) is 0 Å². The molecule has 2 rings (SSSR count). The van der Waals surface area contributed by atoms with Crippen LogP contribution in [0.5, 0.6) is 0 Å². The van der Waals surface area contributed by atoms with Crippen LogP contribution in [0.15, 0.2) is 11.2 Å². The van der Waals surface area contributed by atoms with Crippen LogP contribution in [0.3, 0.4) is 0 Å². The zero-order valence-electron chi connectivity index (χ0n) is 12.6. The second-order valence-electron chi connectivity index (χ2n) is 5.25. The molecule has 1 aliphatic rings. The van der Waals surface area contributed by atoms with Crippen molar-refractivity contribution in [3.05, 3.63) is 12.0 Å². The third-order valence-corrected chi connectivity index (χ3v) is 5.88. The smallest absolute Gasteiger partial charge is 0.262 e. The Labute approximate surface area is 135 Å². The number of imidazole rings is 1. The number of hydrogen-bond donors (Lipinski definition) is 0. The fourth-order valence-electron chi connectivity index (χ4n) is 2.52. The van der Waals surface area contributed by atoms with Gasteiger partial charge in [-0.1, -0.05) is 22.9 Å². The summed E-state index contributed by atoms with van der Waals surface area (Å²) >= 11 is 3.42. The highest BCUT2D eigenvalue weighted by Gasteiger charge is 2.30. The van der Waals surface area contributed by atoms with E-state index < -0.39 is 10.0 Å². The molecule has 6 nitrogen and oxygen atoms in total. The third-order valence-electron chi connectivity index (χ3n) is 3.75. The van der Waals surface area contributed by atoms with Gasteiger partial charge in [-0.15, -0.1) is 0 Å². The first kappa shape index (κ1) is 16.9. The minimum atomic E-state index is -3.46. The largest absolute Gasteiger partial charge is 0.334 e. The van der Waals surface area contributed by atoms with Crippen LogP contribution in [-0.4, -0.2) is 65.2 Å². The molecule has 8 heteroatoms. The van der Waals surface area contributed by atoms with E-state index in [1.165, 1.54) is 0 Å².